The SMILES string of the molecule is CCn1ccc(CN(C)C(=O)CCn2nc([N+](=O)[O-])cc2C)n1. The molecule has 0 N–H and O–H groups in total. The summed E-state index contributed by atoms with van der Waals surface area (Å²) < 4.78 is 3.29. The van der Waals surface area contributed by atoms with Crippen molar-refractivity contribution in [2.24, 2.45) is 0 Å². The quantitative estimate of drug-likeness (QED) is 0.566. The number of aryl methyl sites for hydroxylation is 3. The fraction of sp³-hybridized carbons (Fsp3) is 0.500. The van der Waals surface area contributed by atoms with Crippen LogP contribution in [0.25, 0.3) is 0 Å². The van der Waals surface area contributed by atoms with E-state index in [9.17, 15) is 14.9 Å². The van der Waals surface area contributed by atoms with Gasteiger partial charge in [0.25, 0.3) is 0 Å². The summed E-state index contributed by atoms with van der Waals surface area (Å²) in [5.74, 6) is -0.262. The van der Waals surface area contributed by atoms with Crippen molar-refractivity contribution in [1.29, 1.82) is 0 Å². The van der Waals surface area contributed by atoms with Crippen LogP contribution in [0.3, 0.4) is 0 Å². The minimum Gasteiger partial charge on any atom is -0.358 e. The Morgan fingerprint density at radius 3 is 2.74 bits per heavy atom. The van der Waals surface area contributed by atoms with E-state index >= 15 is 0 Å². The highest BCUT2D eigenvalue weighted by Gasteiger charge is 2.17. The molecule has 9 heteroatoms. The van der Waals surface area contributed by atoms with Crippen molar-refractivity contribution >= 4 is 11.7 Å². The van der Waals surface area contributed by atoms with Crippen molar-refractivity contribution < 1.29 is 9.72 Å². The number of carbonyl (C=O) groups excluding carboxylic acids is 1. The smallest absolute Gasteiger partial charge is 0.358 e. The number of hydrogen-bond acceptors (Lipinski definition) is 5. The molecule has 2 aromatic rings. The summed E-state index contributed by atoms with van der Waals surface area (Å²) in [7, 11) is 1.71. The molecule has 0 aromatic carbocycles. The largest absolute Gasteiger partial charge is 0.390 e. The van der Waals surface area contributed by atoms with Crippen LogP contribution in [0, 0.1) is 17.0 Å². The second-order valence-electron chi connectivity index (χ2n) is 5.29. The van der Waals surface area contributed by atoms with E-state index in [1.165, 1.54) is 10.7 Å². The maximum absolute atomic E-state index is 12.2. The zero-order valence-electron chi connectivity index (χ0n) is 13.5. The second-order valence-corrected chi connectivity index (χ2v) is 5.29. The zero-order valence-corrected chi connectivity index (χ0v) is 13.5. The molecule has 0 fully saturated rings. The van der Waals surface area contributed by atoms with E-state index in [0.717, 1.165) is 12.2 Å². The lowest BCUT2D eigenvalue weighted by Gasteiger charge is -2.15. The van der Waals surface area contributed by atoms with Crippen LogP contribution < -0.4 is 0 Å². The van der Waals surface area contributed by atoms with Gasteiger partial charge in [-0.3, -0.25) is 9.48 Å². The Labute approximate surface area is 133 Å². The summed E-state index contributed by atoms with van der Waals surface area (Å²) in [6.45, 7) is 5.26. The van der Waals surface area contributed by atoms with E-state index in [2.05, 4.69) is 10.2 Å². The van der Waals surface area contributed by atoms with Crippen molar-refractivity contribution in [3.05, 3.63) is 39.8 Å². The first-order valence-electron chi connectivity index (χ1n) is 7.35. The molecule has 0 aliphatic rings. The number of carbonyl (C=O) groups is 1. The van der Waals surface area contributed by atoms with Gasteiger partial charge in [-0.25, -0.2) is 0 Å². The number of nitrogens with zero attached hydrogens (tertiary/aromatic N) is 6. The number of rotatable bonds is 7. The highest BCUT2D eigenvalue weighted by atomic mass is 16.6. The average Bonchev–Trinajstić information content (AvgIpc) is 3.11. The van der Waals surface area contributed by atoms with Crippen LogP contribution in [-0.2, 0) is 24.4 Å². The van der Waals surface area contributed by atoms with Crippen LogP contribution >= 0.6 is 0 Å². The predicted molar refractivity (Wildman–Crippen MR) is 82.6 cm³/mol. The molecule has 0 radical (unpaired) electrons. The lowest BCUT2D eigenvalue weighted by atomic mass is 10.3. The average molecular weight is 320 g/mol. The van der Waals surface area contributed by atoms with Gasteiger partial charge < -0.3 is 15.0 Å². The lowest BCUT2D eigenvalue weighted by Crippen LogP contribution is -2.27. The maximum Gasteiger partial charge on any atom is 0.390 e. The van der Waals surface area contributed by atoms with Gasteiger partial charge in [0.2, 0.25) is 5.91 Å². The Kier molecular flexibility index (Phi) is 5.09. The molecular weight excluding hydrogens is 300 g/mol. The molecule has 124 valence electrons. The molecule has 0 spiro atoms. The molecule has 2 heterocycles. The lowest BCUT2D eigenvalue weighted by molar-refractivity contribution is -0.389. The van der Waals surface area contributed by atoms with E-state index < -0.39 is 4.92 Å². The summed E-state index contributed by atoms with van der Waals surface area (Å²) >= 11 is 0. The first-order valence-corrected chi connectivity index (χ1v) is 7.35. The standard InChI is InChI=1S/C14H20N6O3/c1-4-18-7-5-12(15-18)10-17(3)14(21)6-8-19-11(2)9-13(16-19)20(22)23/h5,7,9H,4,6,8,10H2,1-3H3. The molecule has 0 bridgehead atoms. The van der Waals surface area contributed by atoms with Gasteiger partial charge in [-0.1, -0.05) is 0 Å². The molecule has 2 rings (SSSR count). The highest BCUT2D eigenvalue weighted by Crippen LogP contribution is 2.12. The van der Waals surface area contributed by atoms with Crippen molar-refractivity contribution in [2.45, 2.75) is 39.9 Å². The Balaban J connectivity index is 1.89. The normalized spacial score (nSPS) is 10.7. The third kappa shape index (κ3) is 4.15. The Morgan fingerprint density at radius 1 is 1.43 bits per heavy atom. The van der Waals surface area contributed by atoms with Gasteiger partial charge in [0, 0.05) is 26.2 Å². The monoisotopic (exact) mass is 320 g/mol. The molecule has 0 aliphatic carbocycles. The fourth-order valence-corrected chi connectivity index (χ4v) is 2.20. The van der Waals surface area contributed by atoms with Crippen LogP contribution in [-0.4, -0.2) is 42.3 Å². The van der Waals surface area contributed by atoms with Crippen LogP contribution in [0.4, 0.5) is 5.82 Å². The third-order valence-corrected chi connectivity index (χ3v) is 3.54. The molecule has 0 saturated heterocycles. The summed E-state index contributed by atoms with van der Waals surface area (Å²) in [5.41, 5.74) is 1.49. The number of aromatic nitrogens is 4. The van der Waals surface area contributed by atoms with Gasteiger partial charge >= 0.3 is 5.82 Å². The van der Waals surface area contributed by atoms with Gasteiger partial charge in [-0.15, -0.1) is 0 Å². The molecule has 2 aromatic heterocycles. The van der Waals surface area contributed by atoms with Crippen LogP contribution in [0.5, 0.6) is 0 Å². The molecule has 0 saturated carbocycles. The maximum atomic E-state index is 12.2. The Bertz CT molecular complexity index is 705. The molecule has 9 nitrogen and oxygen atoms in total. The van der Waals surface area contributed by atoms with E-state index in [0.29, 0.717) is 18.8 Å². The zero-order chi connectivity index (χ0) is 17.0. The number of amides is 1. The minimum absolute atomic E-state index is 0.0615. The fourth-order valence-electron chi connectivity index (χ4n) is 2.20. The van der Waals surface area contributed by atoms with Gasteiger partial charge in [0.1, 0.15) is 0 Å². The summed E-state index contributed by atoms with van der Waals surface area (Å²) in [6.07, 6.45) is 2.10. The summed E-state index contributed by atoms with van der Waals surface area (Å²) in [5, 5.41) is 18.9. The number of nitro groups is 1. The molecule has 1 amide bonds. The molecule has 0 atom stereocenters. The molecular formula is C14H20N6O3. The summed E-state index contributed by atoms with van der Waals surface area (Å²) in [6, 6.07) is 3.28. The topological polar surface area (TPSA) is 99.1 Å². The van der Waals surface area contributed by atoms with Crippen molar-refractivity contribution in [2.75, 3.05) is 7.05 Å². The first kappa shape index (κ1) is 16.7. The van der Waals surface area contributed by atoms with E-state index in [1.807, 2.05) is 19.2 Å². The van der Waals surface area contributed by atoms with Crippen LogP contribution in [0.15, 0.2) is 18.3 Å². The van der Waals surface area contributed by atoms with Crippen LogP contribution in [0.1, 0.15) is 24.7 Å². The van der Waals surface area contributed by atoms with Crippen LogP contribution in [0.2, 0.25) is 0 Å². The van der Waals surface area contributed by atoms with Crippen molar-refractivity contribution in [3.8, 4) is 0 Å². The molecule has 23 heavy (non-hydrogen) atoms. The van der Waals surface area contributed by atoms with Crippen molar-refractivity contribution in [3.63, 3.8) is 0 Å². The third-order valence-electron chi connectivity index (χ3n) is 3.54. The Hall–Kier alpha value is -2.71. The summed E-state index contributed by atoms with van der Waals surface area (Å²) in [4.78, 5) is 23.9. The van der Waals surface area contributed by atoms with E-state index in [-0.39, 0.29) is 18.1 Å². The van der Waals surface area contributed by atoms with E-state index in [1.54, 1.807) is 23.6 Å². The van der Waals surface area contributed by atoms with Crippen molar-refractivity contribution in [1.82, 2.24) is 24.5 Å². The van der Waals surface area contributed by atoms with Gasteiger partial charge in [0.15, 0.2) is 0 Å². The van der Waals surface area contributed by atoms with Gasteiger partial charge in [-0.05, 0) is 24.8 Å². The van der Waals surface area contributed by atoms with Gasteiger partial charge in [-0.2, -0.15) is 9.78 Å². The molecule has 0 aliphatic heterocycles. The Morgan fingerprint density at radius 2 is 2.17 bits per heavy atom. The van der Waals surface area contributed by atoms with E-state index in [4.69, 9.17) is 0 Å². The first-order chi connectivity index (χ1) is 10.9. The van der Waals surface area contributed by atoms with Gasteiger partial charge in [0.05, 0.1) is 35.6 Å². The second kappa shape index (κ2) is 7.03. The molecule has 0 unspecified atom stereocenters. The number of hydrogen-bond donors (Lipinski definition) is 0. The predicted octanol–water partition coefficient (Wildman–Crippen LogP) is 1.36. The minimum atomic E-state index is -0.540. The highest BCUT2D eigenvalue weighted by molar-refractivity contribution is 5.75.